The Hall–Kier alpha value is -1.96. The van der Waals surface area contributed by atoms with Gasteiger partial charge in [0, 0.05) is 6.04 Å². The highest BCUT2D eigenvalue weighted by molar-refractivity contribution is 5.55. The molecule has 0 amide bonds. The molecular weight excluding hydrogens is 290 g/mol. The van der Waals surface area contributed by atoms with Gasteiger partial charge in [-0.1, -0.05) is 0 Å². The molecule has 4 nitrogen and oxygen atoms in total. The van der Waals surface area contributed by atoms with Gasteiger partial charge in [0.1, 0.15) is 5.82 Å². The molecule has 0 spiro atoms. The van der Waals surface area contributed by atoms with E-state index >= 15 is 0 Å². The molecule has 1 aliphatic carbocycles. The molecule has 0 atom stereocenters. The molecule has 21 heavy (non-hydrogen) atoms. The maximum absolute atomic E-state index is 13.7. The summed E-state index contributed by atoms with van der Waals surface area (Å²) >= 11 is 0. The van der Waals surface area contributed by atoms with Crippen LogP contribution in [-0.2, 0) is 12.7 Å². The number of rotatable bonds is 4. The lowest BCUT2D eigenvalue weighted by atomic mass is 10.1. The molecule has 0 saturated heterocycles. The van der Waals surface area contributed by atoms with Gasteiger partial charge < -0.3 is 9.73 Å². The second-order valence-corrected chi connectivity index (χ2v) is 4.85. The second kappa shape index (κ2) is 5.10. The Bertz CT molecular complexity index is 649. The predicted molar refractivity (Wildman–Crippen MR) is 64.6 cm³/mol. The Kier molecular flexibility index (Phi) is 3.40. The van der Waals surface area contributed by atoms with Crippen molar-refractivity contribution in [3.05, 3.63) is 35.5 Å². The van der Waals surface area contributed by atoms with Gasteiger partial charge in [0.2, 0.25) is 5.89 Å². The Morgan fingerprint density at radius 1 is 1.24 bits per heavy atom. The molecule has 1 aromatic carbocycles. The van der Waals surface area contributed by atoms with Crippen LogP contribution in [0.25, 0.3) is 11.5 Å². The number of hydrogen-bond acceptors (Lipinski definition) is 4. The molecule has 1 fully saturated rings. The summed E-state index contributed by atoms with van der Waals surface area (Å²) in [6, 6.07) is 2.50. The maximum Gasteiger partial charge on any atom is 0.416 e. The number of alkyl halides is 3. The summed E-state index contributed by atoms with van der Waals surface area (Å²) in [6.45, 7) is 0.318. The molecular formula is C13H11F4N3O. The van der Waals surface area contributed by atoms with Gasteiger partial charge in [0.15, 0.2) is 0 Å². The zero-order valence-corrected chi connectivity index (χ0v) is 10.7. The zero-order valence-electron chi connectivity index (χ0n) is 10.7. The van der Waals surface area contributed by atoms with Gasteiger partial charge in [-0.3, -0.25) is 0 Å². The van der Waals surface area contributed by atoms with Gasteiger partial charge in [0.25, 0.3) is 5.89 Å². The van der Waals surface area contributed by atoms with Crippen molar-refractivity contribution in [3.63, 3.8) is 0 Å². The number of halogens is 4. The number of benzene rings is 1. The maximum atomic E-state index is 13.7. The normalized spacial score (nSPS) is 15.4. The van der Waals surface area contributed by atoms with Crippen LogP contribution in [0.4, 0.5) is 17.6 Å². The number of aromatic nitrogens is 2. The summed E-state index contributed by atoms with van der Waals surface area (Å²) in [4.78, 5) is 0. The standard InChI is InChI=1S/C13H11F4N3O/c14-10-4-1-7(13(15,16)17)5-9(10)12-20-19-11(21-12)6-18-8-2-3-8/h1,4-5,8,18H,2-3,6H2. The van der Waals surface area contributed by atoms with Crippen LogP contribution in [0.1, 0.15) is 24.3 Å². The van der Waals surface area contributed by atoms with Gasteiger partial charge in [-0.25, -0.2) is 4.39 Å². The summed E-state index contributed by atoms with van der Waals surface area (Å²) < 4.78 is 56.8. The van der Waals surface area contributed by atoms with Crippen LogP contribution in [0.15, 0.2) is 22.6 Å². The van der Waals surface area contributed by atoms with Crippen LogP contribution in [0.2, 0.25) is 0 Å². The lowest BCUT2D eigenvalue weighted by Gasteiger charge is -2.07. The van der Waals surface area contributed by atoms with E-state index in [0.717, 1.165) is 18.9 Å². The smallest absolute Gasteiger partial charge is 0.416 e. The van der Waals surface area contributed by atoms with E-state index in [1.807, 2.05) is 0 Å². The van der Waals surface area contributed by atoms with Crippen molar-refractivity contribution in [1.29, 1.82) is 0 Å². The second-order valence-electron chi connectivity index (χ2n) is 4.85. The first kappa shape index (κ1) is 14.0. The summed E-state index contributed by atoms with van der Waals surface area (Å²) in [6.07, 6.45) is -2.41. The van der Waals surface area contributed by atoms with Crippen molar-refractivity contribution in [1.82, 2.24) is 15.5 Å². The van der Waals surface area contributed by atoms with Gasteiger partial charge in [-0.05, 0) is 31.0 Å². The van der Waals surface area contributed by atoms with E-state index < -0.39 is 17.6 Å². The first-order valence-corrected chi connectivity index (χ1v) is 6.36. The van der Waals surface area contributed by atoms with Crippen molar-refractivity contribution in [2.45, 2.75) is 31.6 Å². The molecule has 2 aromatic rings. The fraction of sp³-hybridized carbons (Fsp3) is 0.385. The Morgan fingerprint density at radius 2 is 2.00 bits per heavy atom. The van der Waals surface area contributed by atoms with E-state index in [4.69, 9.17) is 4.42 Å². The van der Waals surface area contributed by atoms with Crippen LogP contribution in [-0.4, -0.2) is 16.2 Å². The molecule has 112 valence electrons. The van der Waals surface area contributed by atoms with Gasteiger partial charge in [0.05, 0.1) is 17.7 Å². The highest BCUT2D eigenvalue weighted by atomic mass is 19.4. The van der Waals surface area contributed by atoms with Crippen LogP contribution in [0.3, 0.4) is 0 Å². The third-order valence-electron chi connectivity index (χ3n) is 3.11. The van der Waals surface area contributed by atoms with Gasteiger partial charge in [-0.2, -0.15) is 13.2 Å². The predicted octanol–water partition coefficient (Wildman–Crippen LogP) is 3.15. The highest BCUT2D eigenvalue weighted by Gasteiger charge is 2.32. The topological polar surface area (TPSA) is 51.0 Å². The minimum atomic E-state index is -4.56. The molecule has 0 radical (unpaired) electrons. The van der Waals surface area contributed by atoms with Crippen molar-refractivity contribution < 1.29 is 22.0 Å². The number of nitrogens with zero attached hydrogens (tertiary/aromatic N) is 2. The van der Waals surface area contributed by atoms with Gasteiger partial charge >= 0.3 is 6.18 Å². The summed E-state index contributed by atoms with van der Waals surface area (Å²) in [5.41, 5.74) is -1.32. The van der Waals surface area contributed by atoms with Crippen LogP contribution in [0.5, 0.6) is 0 Å². The fourth-order valence-corrected chi connectivity index (χ4v) is 1.82. The van der Waals surface area contributed by atoms with Crippen molar-refractivity contribution in [3.8, 4) is 11.5 Å². The van der Waals surface area contributed by atoms with Crippen LogP contribution < -0.4 is 5.32 Å². The SMILES string of the molecule is Fc1ccc(C(F)(F)F)cc1-c1nnc(CNC2CC2)o1. The fourth-order valence-electron chi connectivity index (χ4n) is 1.82. The summed E-state index contributed by atoms with van der Waals surface area (Å²) in [5.74, 6) is -0.881. The molecule has 0 bridgehead atoms. The minimum Gasteiger partial charge on any atom is -0.419 e. The third-order valence-corrected chi connectivity index (χ3v) is 3.11. The van der Waals surface area contributed by atoms with E-state index in [1.165, 1.54) is 0 Å². The van der Waals surface area contributed by atoms with E-state index in [0.29, 0.717) is 24.7 Å². The van der Waals surface area contributed by atoms with Crippen molar-refractivity contribution in [2.75, 3.05) is 0 Å². The van der Waals surface area contributed by atoms with Crippen LogP contribution in [0, 0.1) is 5.82 Å². The molecule has 1 heterocycles. The van der Waals surface area contributed by atoms with E-state index in [1.54, 1.807) is 0 Å². The lowest BCUT2D eigenvalue weighted by Crippen LogP contribution is -2.15. The molecule has 0 aliphatic heterocycles. The quantitative estimate of drug-likeness (QED) is 0.881. The van der Waals surface area contributed by atoms with E-state index in [9.17, 15) is 17.6 Å². The first-order chi connectivity index (χ1) is 9.93. The summed E-state index contributed by atoms with van der Waals surface area (Å²) in [5, 5.41) is 10.4. The number of hydrogen-bond donors (Lipinski definition) is 1. The molecule has 0 unspecified atom stereocenters. The van der Waals surface area contributed by atoms with Crippen molar-refractivity contribution >= 4 is 0 Å². The molecule has 8 heteroatoms. The van der Waals surface area contributed by atoms with Crippen LogP contribution >= 0.6 is 0 Å². The average molecular weight is 301 g/mol. The Balaban J connectivity index is 1.84. The van der Waals surface area contributed by atoms with Crippen molar-refractivity contribution in [2.24, 2.45) is 0 Å². The zero-order chi connectivity index (χ0) is 15.0. The Labute approximate surface area is 117 Å². The molecule has 1 N–H and O–H groups in total. The molecule has 1 aliphatic rings. The van der Waals surface area contributed by atoms with E-state index in [-0.39, 0.29) is 17.3 Å². The first-order valence-electron chi connectivity index (χ1n) is 6.36. The van der Waals surface area contributed by atoms with Gasteiger partial charge in [-0.15, -0.1) is 10.2 Å². The molecule has 3 rings (SSSR count). The molecule has 1 saturated carbocycles. The Morgan fingerprint density at radius 3 is 2.67 bits per heavy atom. The minimum absolute atomic E-state index is 0.216. The third kappa shape index (κ3) is 3.21. The van der Waals surface area contributed by atoms with E-state index in [2.05, 4.69) is 15.5 Å². The average Bonchev–Trinajstić information content (AvgIpc) is 3.13. The largest absolute Gasteiger partial charge is 0.419 e. The molecule has 1 aromatic heterocycles. The monoisotopic (exact) mass is 301 g/mol. The lowest BCUT2D eigenvalue weighted by molar-refractivity contribution is -0.137. The number of nitrogens with one attached hydrogen (secondary N) is 1. The summed E-state index contributed by atoms with van der Waals surface area (Å²) in [7, 11) is 0. The highest BCUT2D eigenvalue weighted by Crippen LogP contribution is 2.33.